The largest absolute Gasteiger partial charge is 0.364 e. The Kier molecular flexibility index (Phi) is 5.60. The Morgan fingerprint density at radius 1 is 1.00 bits per heavy atom. The third-order valence-corrected chi connectivity index (χ3v) is 8.33. The number of quaternary nitrogens is 1. The molecule has 2 fully saturated rings. The third kappa shape index (κ3) is 3.92. The van der Waals surface area contributed by atoms with Crippen LogP contribution in [-0.4, -0.2) is 60.7 Å². The molecule has 5 heterocycles. The molecule has 0 aliphatic carbocycles. The highest BCUT2D eigenvalue weighted by molar-refractivity contribution is 5.86. The molecule has 8 heteroatoms. The highest BCUT2D eigenvalue weighted by atomic mass is 15.5. The molecule has 8 nitrogen and oxygen atoms in total. The van der Waals surface area contributed by atoms with Gasteiger partial charge in [-0.1, -0.05) is 42.5 Å². The maximum atomic E-state index is 5.18. The number of anilines is 1. The van der Waals surface area contributed by atoms with Crippen LogP contribution in [0.5, 0.6) is 0 Å². The summed E-state index contributed by atoms with van der Waals surface area (Å²) < 4.78 is 1.92. The van der Waals surface area contributed by atoms with Crippen LogP contribution in [0.25, 0.3) is 27.7 Å². The van der Waals surface area contributed by atoms with Crippen LogP contribution in [-0.2, 0) is 0 Å². The monoisotopic (exact) mass is 505 g/mol. The molecule has 2 aromatic carbocycles. The summed E-state index contributed by atoms with van der Waals surface area (Å²) in [5.74, 6) is 1.79. The molecule has 3 unspecified atom stereocenters. The minimum Gasteiger partial charge on any atom is -0.364 e. The number of nitrogens with zero attached hydrogens (tertiary/aromatic N) is 6. The number of likely N-dealkylation sites (tertiary alicyclic amines) is 1. The fourth-order valence-electron chi connectivity index (χ4n) is 6.50. The average Bonchev–Trinajstić information content (AvgIpc) is 3.68. The van der Waals surface area contributed by atoms with Gasteiger partial charge in [0.2, 0.25) is 0 Å². The number of nitrogens with one attached hydrogen (secondary N) is 2. The first kappa shape index (κ1) is 23.3. The predicted molar refractivity (Wildman–Crippen MR) is 150 cm³/mol. The molecular formula is C30H33N8+. The second kappa shape index (κ2) is 9.15. The van der Waals surface area contributed by atoms with Gasteiger partial charge in [0.15, 0.2) is 5.65 Å². The van der Waals surface area contributed by atoms with Crippen molar-refractivity contribution in [3.8, 4) is 11.3 Å². The van der Waals surface area contributed by atoms with Gasteiger partial charge < -0.3 is 5.32 Å². The predicted octanol–water partition coefficient (Wildman–Crippen LogP) is 3.89. The molecule has 192 valence electrons. The first-order chi connectivity index (χ1) is 18.5. The van der Waals surface area contributed by atoms with Gasteiger partial charge in [-0.15, -0.1) is 9.61 Å². The summed E-state index contributed by atoms with van der Waals surface area (Å²) in [6.07, 6.45) is 4.70. The zero-order valence-electron chi connectivity index (χ0n) is 22.0. The Hall–Kier alpha value is -3.88. The maximum absolute atomic E-state index is 5.18. The number of hydrogen-bond donors (Lipinski definition) is 2. The Morgan fingerprint density at radius 2 is 1.87 bits per heavy atom. The van der Waals surface area contributed by atoms with Gasteiger partial charge in [-0.05, 0) is 49.2 Å². The van der Waals surface area contributed by atoms with E-state index in [0.717, 1.165) is 41.8 Å². The standard InChI is InChI=1S/C30H32N8/c1-19(2)36-16-24-14-23(36)17-37(24)30-35-27(15-29-32-18-33-38(29)30)22-11-12-31-28(13-22)34-20(3)25-10-6-8-21-7-4-5-9-26(21)25/h4-13,15,18-20,23-24H,14,16-17H2,1-3H3,(H,31,34)/p+1/t20-,23?,24?/m0/s1. The summed E-state index contributed by atoms with van der Waals surface area (Å²) in [5, 5.41) is 10.7. The summed E-state index contributed by atoms with van der Waals surface area (Å²) in [4.78, 5) is 18.4. The van der Waals surface area contributed by atoms with Crippen molar-refractivity contribution in [2.45, 2.75) is 51.4 Å². The number of piperazine rings is 1. The quantitative estimate of drug-likeness (QED) is 0.365. The Morgan fingerprint density at radius 3 is 2.71 bits per heavy atom. The molecule has 2 aliphatic heterocycles. The highest BCUT2D eigenvalue weighted by Crippen LogP contribution is 2.29. The molecule has 2 bridgehead atoms. The Labute approximate surface area is 222 Å². The van der Waals surface area contributed by atoms with E-state index < -0.39 is 0 Å². The summed E-state index contributed by atoms with van der Waals surface area (Å²) in [5.41, 5.74) is 4.01. The van der Waals surface area contributed by atoms with Gasteiger partial charge in [-0.3, -0.25) is 9.80 Å². The van der Waals surface area contributed by atoms with Gasteiger partial charge in [0.25, 0.3) is 0 Å². The summed E-state index contributed by atoms with van der Waals surface area (Å²) in [7, 11) is 0. The maximum Gasteiger partial charge on any atom is 0.331 e. The first-order valence-electron chi connectivity index (χ1n) is 13.6. The van der Waals surface area contributed by atoms with Crippen LogP contribution < -0.4 is 10.2 Å². The van der Waals surface area contributed by atoms with Crippen molar-refractivity contribution in [3.63, 3.8) is 0 Å². The van der Waals surface area contributed by atoms with Crippen molar-refractivity contribution in [2.75, 3.05) is 18.4 Å². The summed E-state index contributed by atoms with van der Waals surface area (Å²) in [6, 6.07) is 22.9. The molecule has 2 saturated heterocycles. The van der Waals surface area contributed by atoms with Gasteiger partial charge in [0.05, 0.1) is 24.3 Å². The number of hydrogen-bond acceptors (Lipinski definition) is 6. The molecule has 4 atom stereocenters. The summed E-state index contributed by atoms with van der Waals surface area (Å²) >= 11 is 0. The van der Waals surface area contributed by atoms with Crippen molar-refractivity contribution in [2.24, 2.45) is 0 Å². The zero-order valence-corrected chi connectivity index (χ0v) is 22.0. The lowest BCUT2D eigenvalue weighted by Gasteiger charge is -2.33. The van der Waals surface area contributed by atoms with Crippen LogP contribution in [0.15, 0.2) is 73.2 Å². The minimum absolute atomic E-state index is 0.0971. The molecular weight excluding hydrogens is 472 g/mol. The Balaban J connectivity index is 1.20. The van der Waals surface area contributed by atoms with Crippen LogP contribution in [0.3, 0.4) is 0 Å². The lowest BCUT2D eigenvalue weighted by atomic mass is 9.99. The number of pyridine rings is 1. The molecule has 2 N–H and O–H groups in total. The van der Waals surface area contributed by atoms with Crippen LogP contribution in [0.4, 0.5) is 11.8 Å². The highest BCUT2D eigenvalue weighted by Gasteiger charge is 2.49. The van der Waals surface area contributed by atoms with E-state index >= 15 is 0 Å². The molecule has 38 heavy (non-hydrogen) atoms. The van der Waals surface area contributed by atoms with Gasteiger partial charge in [0, 0.05) is 30.3 Å². The third-order valence-electron chi connectivity index (χ3n) is 8.33. The van der Waals surface area contributed by atoms with E-state index in [0.29, 0.717) is 18.1 Å². The fourth-order valence-corrected chi connectivity index (χ4v) is 6.50. The summed E-state index contributed by atoms with van der Waals surface area (Å²) in [6.45, 7) is 8.94. The normalized spacial score (nSPS) is 22.1. The second-order valence-corrected chi connectivity index (χ2v) is 11.0. The van der Waals surface area contributed by atoms with Crippen LogP contribution in [0.1, 0.15) is 38.8 Å². The van der Waals surface area contributed by atoms with E-state index in [-0.39, 0.29) is 6.04 Å². The van der Waals surface area contributed by atoms with Crippen LogP contribution in [0, 0.1) is 0 Å². The number of rotatable bonds is 6. The van der Waals surface area contributed by atoms with Crippen molar-refractivity contribution < 1.29 is 4.90 Å². The minimum atomic E-state index is 0.0971. The number of fused-ring (bicyclic) bond motifs is 4. The van der Waals surface area contributed by atoms with Gasteiger partial charge in [0.1, 0.15) is 24.7 Å². The topological polar surface area (TPSA) is 75.7 Å². The molecule has 5 aromatic rings. The van der Waals surface area contributed by atoms with E-state index in [9.17, 15) is 0 Å². The van der Waals surface area contributed by atoms with Crippen molar-refractivity contribution in [1.29, 1.82) is 0 Å². The van der Waals surface area contributed by atoms with E-state index in [2.05, 4.69) is 94.6 Å². The molecule has 7 rings (SSSR count). The molecule has 3 aromatic heterocycles. The number of benzene rings is 2. The van der Waals surface area contributed by atoms with Crippen molar-refractivity contribution in [3.05, 3.63) is 78.8 Å². The fraction of sp³-hybridized carbons (Fsp3) is 0.333. The van der Waals surface area contributed by atoms with Crippen LogP contribution >= 0.6 is 0 Å². The smallest absolute Gasteiger partial charge is 0.331 e. The van der Waals surface area contributed by atoms with E-state index in [4.69, 9.17) is 4.98 Å². The van der Waals surface area contributed by atoms with Crippen LogP contribution in [0.2, 0.25) is 0 Å². The molecule has 0 radical (unpaired) electrons. The van der Waals surface area contributed by atoms with E-state index in [1.54, 1.807) is 6.33 Å². The van der Waals surface area contributed by atoms with E-state index in [1.165, 1.54) is 27.7 Å². The zero-order chi connectivity index (χ0) is 25.8. The van der Waals surface area contributed by atoms with Crippen molar-refractivity contribution in [1.82, 2.24) is 29.5 Å². The lowest BCUT2D eigenvalue weighted by molar-refractivity contribution is -0.857. The average molecular weight is 506 g/mol. The second-order valence-electron chi connectivity index (χ2n) is 11.0. The van der Waals surface area contributed by atoms with Gasteiger partial charge >= 0.3 is 5.95 Å². The lowest BCUT2D eigenvalue weighted by Crippen LogP contribution is -3.12. The van der Waals surface area contributed by atoms with Crippen molar-refractivity contribution >= 4 is 28.2 Å². The van der Waals surface area contributed by atoms with E-state index in [1.807, 2.05) is 22.8 Å². The van der Waals surface area contributed by atoms with Gasteiger partial charge in [-0.2, -0.15) is 4.98 Å². The first-order valence-corrected chi connectivity index (χ1v) is 13.6. The molecule has 2 aliphatic rings. The SMILES string of the molecule is CC(C)N1CC2CC1C[NH+]2c1nc(-c2ccnc(N[C@@H](C)c3cccc4ccccc34)c2)cc2ncnn12. The molecule has 0 amide bonds. The van der Waals surface area contributed by atoms with Gasteiger partial charge in [-0.25, -0.2) is 9.97 Å². The molecule has 0 saturated carbocycles. The molecule has 0 spiro atoms. The number of aromatic nitrogens is 5. The Bertz CT molecular complexity index is 1620.